The molecule has 2 aliphatic heterocycles. The number of benzene rings is 1. The minimum absolute atomic E-state index is 0.103. The number of carbonyl (C=O) groups is 1. The van der Waals surface area contributed by atoms with E-state index in [2.05, 4.69) is 39.3 Å². The van der Waals surface area contributed by atoms with Gasteiger partial charge in [-0.15, -0.1) is 0 Å². The van der Waals surface area contributed by atoms with E-state index in [4.69, 9.17) is 9.72 Å². The summed E-state index contributed by atoms with van der Waals surface area (Å²) in [7, 11) is 3.54. The highest BCUT2D eigenvalue weighted by atomic mass is 16.5. The number of aliphatic hydroxyl groups is 1. The molecule has 1 amide bonds. The number of ether oxygens (including phenoxy) is 1. The standard InChI is InChI=1S/C31H45N7O3/c1-30(2,19-37-15-7-8-16-37)35-27(39)21-11-12-23(25(17-21)41-4)33-29-32-18-24-26(34-29)38(22-9-5-6-10-22)20-31(13-14-31)28(40)36(24)3/h11-12,17-18,22,28,40H,5-10,13-16,19-20H2,1-4H3,(H,35,39)(H,32,33,34). The number of rotatable bonds is 8. The highest BCUT2D eigenvalue weighted by molar-refractivity contribution is 5.96. The predicted octanol–water partition coefficient (Wildman–Crippen LogP) is 4.13. The third-order valence-corrected chi connectivity index (χ3v) is 9.44. The van der Waals surface area contributed by atoms with Crippen molar-refractivity contribution in [2.24, 2.45) is 5.41 Å². The first-order valence-corrected chi connectivity index (χ1v) is 15.2. The average Bonchev–Trinajstić information content (AvgIpc) is 3.30. The van der Waals surface area contributed by atoms with Crippen molar-refractivity contribution < 1.29 is 14.6 Å². The number of fused-ring (bicyclic) bond motifs is 1. The molecule has 2 aromatic rings. The van der Waals surface area contributed by atoms with Gasteiger partial charge in [-0.2, -0.15) is 4.98 Å². The third kappa shape index (κ3) is 5.68. The number of likely N-dealkylation sites (tertiary alicyclic amines) is 1. The second kappa shape index (κ2) is 10.9. The van der Waals surface area contributed by atoms with E-state index < -0.39 is 6.23 Å². The number of aromatic nitrogens is 2. The molecule has 1 atom stereocenters. The predicted molar refractivity (Wildman–Crippen MR) is 161 cm³/mol. The molecule has 10 nitrogen and oxygen atoms in total. The topological polar surface area (TPSA) is 106 Å². The molecule has 1 unspecified atom stereocenters. The Labute approximate surface area is 243 Å². The van der Waals surface area contributed by atoms with E-state index in [1.165, 1.54) is 25.7 Å². The molecule has 3 fully saturated rings. The van der Waals surface area contributed by atoms with Crippen molar-refractivity contribution in [3.63, 3.8) is 0 Å². The summed E-state index contributed by atoms with van der Waals surface area (Å²) in [5.74, 6) is 1.76. The molecule has 1 saturated heterocycles. The Bertz CT molecular complexity index is 1270. The fourth-order valence-electron chi connectivity index (χ4n) is 6.99. The van der Waals surface area contributed by atoms with Crippen LogP contribution >= 0.6 is 0 Å². The second-order valence-electron chi connectivity index (χ2n) is 13.2. The quantitative estimate of drug-likeness (QED) is 0.437. The highest BCUT2D eigenvalue weighted by Gasteiger charge is 2.55. The molecule has 3 N–H and O–H groups in total. The Balaban J connectivity index is 1.22. The van der Waals surface area contributed by atoms with Crippen LogP contribution in [0.1, 0.15) is 75.6 Å². The average molecular weight is 564 g/mol. The monoisotopic (exact) mass is 563 g/mol. The van der Waals surface area contributed by atoms with Crippen molar-refractivity contribution in [3.05, 3.63) is 30.0 Å². The maximum Gasteiger partial charge on any atom is 0.251 e. The summed E-state index contributed by atoms with van der Waals surface area (Å²) in [6, 6.07) is 5.84. The van der Waals surface area contributed by atoms with Crippen molar-refractivity contribution in [1.82, 2.24) is 20.2 Å². The zero-order chi connectivity index (χ0) is 28.8. The van der Waals surface area contributed by atoms with Crippen LogP contribution in [0.15, 0.2) is 24.4 Å². The van der Waals surface area contributed by atoms with Crippen LogP contribution in [0.4, 0.5) is 23.1 Å². The number of carbonyl (C=O) groups excluding carboxylic acids is 1. The molecule has 2 aliphatic carbocycles. The van der Waals surface area contributed by atoms with Crippen molar-refractivity contribution in [2.75, 3.05) is 55.5 Å². The molecular weight excluding hydrogens is 518 g/mol. The van der Waals surface area contributed by atoms with Crippen molar-refractivity contribution >= 4 is 29.0 Å². The summed E-state index contributed by atoms with van der Waals surface area (Å²) in [6.07, 6.45) is 10.5. The summed E-state index contributed by atoms with van der Waals surface area (Å²) >= 11 is 0. The maximum absolute atomic E-state index is 13.2. The van der Waals surface area contributed by atoms with E-state index in [1.807, 2.05) is 24.2 Å². The van der Waals surface area contributed by atoms with Gasteiger partial charge in [0, 0.05) is 42.7 Å². The van der Waals surface area contributed by atoms with Gasteiger partial charge in [0.15, 0.2) is 5.82 Å². The van der Waals surface area contributed by atoms with Crippen LogP contribution in [0.3, 0.4) is 0 Å². The van der Waals surface area contributed by atoms with Crippen LogP contribution < -0.4 is 25.2 Å². The van der Waals surface area contributed by atoms with Gasteiger partial charge < -0.3 is 35.2 Å². The van der Waals surface area contributed by atoms with Crippen LogP contribution in [-0.4, -0.2) is 84.0 Å². The van der Waals surface area contributed by atoms with Gasteiger partial charge in [-0.1, -0.05) is 12.8 Å². The molecule has 1 aromatic carbocycles. The fraction of sp³-hybridized carbons (Fsp3) is 0.645. The molecule has 3 heterocycles. The fourth-order valence-corrected chi connectivity index (χ4v) is 6.99. The largest absolute Gasteiger partial charge is 0.495 e. The Morgan fingerprint density at radius 1 is 1.17 bits per heavy atom. The van der Waals surface area contributed by atoms with Gasteiger partial charge in [-0.3, -0.25) is 4.79 Å². The molecule has 1 aromatic heterocycles. The lowest BCUT2D eigenvalue weighted by molar-refractivity contribution is 0.0893. The first kappa shape index (κ1) is 28.0. The molecule has 0 bridgehead atoms. The lowest BCUT2D eigenvalue weighted by Gasteiger charge is -2.32. The van der Waals surface area contributed by atoms with Crippen LogP contribution in [0.25, 0.3) is 0 Å². The number of aliphatic hydroxyl groups excluding tert-OH is 1. The summed E-state index contributed by atoms with van der Waals surface area (Å²) in [5.41, 5.74) is 1.64. The van der Waals surface area contributed by atoms with E-state index in [-0.39, 0.29) is 16.9 Å². The second-order valence-corrected chi connectivity index (χ2v) is 13.2. The lowest BCUT2D eigenvalue weighted by Crippen LogP contribution is -2.51. The van der Waals surface area contributed by atoms with Gasteiger partial charge in [0.25, 0.3) is 5.91 Å². The zero-order valence-electron chi connectivity index (χ0n) is 24.9. The Kier molecular flexibility index (Phi) is 7.48. The van der Waals surface area contributed by atoms with E-state index in [1.54, 1.807) is 19.2 Å². The van der Waals surface area contributed by atoms with Gasteiger partial charge >= 0.3 is 0 Å². The van der Waals surface area contributed by atoms with E-state index in [9.17, 15) is 9.90 Å². The maximum atomic E-state index is 13.2. The van der Waals surface area contributed by atoms with Gasteiger partial charge in [-0.25, -0.2) is 4.98 Å². The van der Waals surface area contributed by atoms with Crippen LogP contribution in [0.5, 0.6) is 5.75 Å². The zero-order valence-corrected chi connectivity index (χ0v) is 24.9. The van der Waals surface area contributed by atoms with Gasteiger partial charge in [0.05, 0.1) is 19.0 Å². The molecule has 1 spiro atoms. The first-order valence-electron chi connectivity index (χ1n) is 15.2. The summed E-state index contributed by atoms with van der Waals surface area (Å²) < 4.78 is 5.69. The molecule has 222 valence electrons. The Morgan fingerprint density at radius 2 is 1.90 bits per heavy atom. The lowest BCUT2D eigenvalue weighted by atomic mass is 10.0. The number of amides is 1. The molecule has 4 aliphatic rings. The number of hydrogen-bond acceptors (Lipinski definition) is 9. The van der Waals surface area contributed by atoms with Crippen LogP contribution in [0, 0.1) is 5.41 Å². The first-order chi connectivity index (χ1) is 19.7. The van der Waals surface area contributed by atoms with Crippen molar-refractivity contribution in [2.45, 2.75) is 83.0 Å². The minimum Gasteiger partial charge on any atom is -0.495 e. The summed E-state index contributed by atoms with van der Waals surface area (Å²) in [4.78, 5) is 29.6. The Morgan fingerprint density at radius 3 is 2.59 bits per heavy atom. The highest BCUT2D eigenvalue weighted by Crippen LogP contribution is 2.54. The molecule has 6 rings (SSSR count). The van der Waals surface area contributed by atoms with Crippen molar-refractivity contribution in [3.8, 4) is 5.75 Å². The van der Waals surface area contributed by atoms with Crippen LogP contribution in [-0.2, 0) is 0 Å². The van der Waals surface area contributed by atoms with E-state index in [0.717, 1.165) is 63.4 Å². The smallest absolute Gasteiger partial charge is 0.251 e. The Hall–Kier alpha value is -3.11. The summed E-state index contributed by atoms with van der Waals surface area (Å²) in [6.45, 7) is 7.97. The summed E-state index contributed by atoms with van der Waals surface area (Å²) in [5, 5.41) is 17.8. The minimum atomic E-state index is -0.547. The van der Waals surface area contributed by atoms with Gasteiger partial charge in [0.1, 0.15) is 17.7 Å². The van der Waals surface area contributed by atoms with Crippen LogP contribution in [0.2, 0.25) is 0 Å². The number of nitrogens with one attached hydrogen (secondary N) is 2. The normalized spacial score (nSPS) is 22.5. The number of hydrogen-bond donors (Lipinski definition) is 3. The number of anilines is 4. The van der Waals surface area contributed by atoms with Gasteiger partial charge in [0.2, 0.25) is 5.95 Å². The molecule has 0 radical (unpaired) electrons. The molecular formula is C31H45N7O3. The van der Waals surface area contributed by atoms with E-state index >= 15 is 0 Å². The molecule has 10 heteroatoms. The molecule has 41 heavy (non-hydrogen) atoms. The number of nitrogens with zero attached hydrogens (tertiary/aromatic N) is 5. The third-order valence-electron chi connectivity index (χ3n) is 9.44. The number of methoxy groups -OCH3 is 1. The molecule has 2 saturated carbocycles. The van der Waals surface area contributed by atoms with Crippen molar-refractivity contribution in [1.29, 1.82) is 0 Å². The van der Waals surface area contributed by atoms with Gasteiger partial charge in [-0.05, 0) is 83.7 Å². The SMILES string of the molecule is COc1cc(C(=O)NC(C)(C)CN2CCCC2)ccc1Nc1ncc2c(n1)N(C1CCCC1)CC1(CC1)C(O)N2C. The van der Waals surface area contributed by atoms with E-state index in [0.29, 0.717) is 29.0 Å².